The van der Waals surface area contributed by atoms with Gasteiger partial charge in [-0.2, -0.15) is 9.97 Å². The number of nitrogens with one attached hydrogen (secondary N) is 2. The zero-order valence-corrected chi connectivity index (χ0v) is 21.0. The summed E-state index contributed by atoms with van der Waals surface area (Å²) in [5, 5.41) is 6.85. The molecule has 2 fully saturated rings. The number of anilines is 4. The summed E-state index contributed by atoms with van der Waals surface area (Å²) in [6.45, 7) is 8.57. The summed E-state index contributed by atoms with van der Waals surface area (Å²) in [7, 11) is 0. The maximum atomic E-state index is 5.52. The zero-order valence-electron chi connectivity index (χ0n) is 20.2. The van der Waals surface area contributed by atoms with E-state index < -0.39 is 0 Å². The summed E-state index contributed by atoms with van der Waals surface area (Å²) < 4.78 is 5.38. The summed E-state index contributed by atoms with van der Waals surface area (Å²) >= 11 is 5.52. The molecule has 0 radical (unpaired) electrons. The summed E-state index contributed by atoms with van der Waals surface area (Å²) in [4.78, 5) is 16.9. The Labute approximate surface area is 212 Å². The van der Waals surface area contributed by atoms with Crippen molar-refractivity contribution < 1.29 is 4.42 Å². The third-order valence-corrected chi connectivity index (χ3v) is 6.88. The van der Waals surface area contributed by atoms with Crippen LogP contribution in [0.15, 0.2) is 59.2 Å². The first-order chi connectivity index (χ1) is 17.1. The molecule has 3 aromatic rings. The van der Waals surface area contributed by atoms with E-state index in [1.807, 2.05) is 12.1 Å². The van der Waals surface area contributed by atoms with Gasteiger partial charge >= 0.3 is 0 Å². The minimum Gasteiger partial charge on any atom is -0.467 e. The average molecular weight is 492 g/mol. The molecule has 1 atom stereocenters. The zero-order chi connectivity index (χ0) is 24.0. The molecule has 2 saturated heterocycles. The molecule has 0 bridgehead atoms. The quantitative estimate of drug-likeness (QED) is 0.496. The normalized spacial score (nSPS) is 18.4. The molecular weight excluding hydrogens is 458 g/mol. The van der Waals surface area contributed by atoms with Crippen LogP contribution in [0.5, 0.6) is 0 Å². The molecule has 1 aromatic carbocycles. The lowest BCUT2D eigenvalue weighted by Crippen LogP contribution is -2.47. The third-order valence-electron chi connectivity index (χ3n) is 6.63. The topological polar surface area (TPSA) is 72.7 Å². The van der Waals surface area contributed by atoms with Crippen molar-refractivity contribution in [2.45, 2.75) is 26.3 Å². The molecule has 0 saturated carbocycles. The molecule has 2 N–H and O–H groups in total. The van der Waals surface area contributed by atoms with Gasteiger partial charge in [0.15, 0.2) is 5.11 Å². The SMILES string of the molecule is CC1CCCN(c2cc(N3CCN(c4ccccc4)CC3)nc(NC(=S)NCc3ccco3)n2)C1. The maximum absolute atomic E-state index is 5.52. The van der Waals surface area contributed by atoms with Crippen molar-refractivity contribution in [1.29, 1.82) is 0 Å². The van der Waals surface area contributed by atoms with Crippen LogP contribution in [-0.2, 0) is 6.54 Å². The molecule has 0 amide bonds. The second-order valence-corrected chi connectivity index (χ2v) is 9.71. The first kappa shape index (κ1) is 23.4. The van der Waals surface area contributed by atoms with Gasteiger partial charge in [-0.05, 0) is 55.2 Å². The Kier molecular flexibility index (Phi) is 7.32. The van der Waals surface area contributed by atoms with Crippen molar-refractivity contribution in [3.63, 3.8) is 0 Å². The standard InChI is InChI=1S/C26H33N7OS/c1-20-7-5-11-33(19-20)24-17-23(32-14-12-31(13-15-32)21-8-3-2-4-9-21)28-25(29-24)30-26(35)27-18-22-10-6-16-34-22/h2-4,6,8-10,16-17,20H,5,7,11-15,18-19H2,1H3,(H2,27,28,29,30,35). The fourth-order valence-corrected chi connectivity index (χ4v) is 4.92. The van der Waals surface area contributed by atoms with Crippen molar-refractivity contribution in [3.8, 4) is 0 Å². The van der Waals surface area contributed by atoms with Gasteiger partial charge in [0.05, 0.1) is 12.8 Å². The molecule has 1 unspecified atom stereocenters. The average Bonchev–Trinajstić information content (AvgIpc) is 3.42. The van der Waals surface area contributed by atoms with Crippen LogP contribution in [0.2, 0.25) is 0 Å². The number of thiocarbonyl (C=S) groups is 1. The van der Waals surface area contributed by atoms with Crippen LogP contribution >= 0.6 is 12.2 Å². The molecule has 2 aliphatic heterocycles. The fraction of sp³-hybridized carbons (Fsp3) is 0.423. The molecule has 5 rings (SSSR count). The highest BCUT2D eigenvalue weighted by atomic mass is 32.1. The van der Waals surface area contributed by atoms with Gasteiger partial charge in [-0.15, -0.1) is 0 Å². The highest BCUT2D eigenvalue weighted by molar-refractivity contribution is 7.80. The highest BCUT2D eigenvalue weighted by Crippen LogP contribution is 2.27. The number of hydrogen-bond donors (Lipinski definition) is 2. The number of aromatic nitrogens is 2. The first-order valence-corrected chi connectivity index (χ1v) is 12.8. The van der Waals surface area contributed by atoms with E-state index in [-0.39, 0.29) is 0 Å². The molecule has 9 heteroatoms. The minimum atomic E-state index is 0.477. The van der Waals surface area contributed by atoms with Gasteiger partial charge in [0, 0.05) is 51.0 Å². The van der Waals surface area contributed by atoms with E-state index in [1.165, 1.54) is 18.5 Å². The molecule has 2 aliphatic rings. The largest absolute Gasteiger partial charge is 0.467 e. The predicted octanol–water partition coefficient (Wildman–Crippen LogP) is 4.12. The second kappa shape index (κ2) is 10.9. The van der Waals surface area contributed by atoms with Crippen LogP contribution in [-0.4, -0.2) is 54.3 Å². The van der Waals surface area contributed by atoms with Crippen molar-refractivity contribution in [1.82, 2.24) is 15.3 Å². The smallest absolute Gasteiger partial charge is 0.232 e. The lowest BCUT2D eigenvalue weighted by Gasteiger charge is -2.37. The van der Waals surface area contributed by atoms with Crippen molar-refractivity contribution in [2.24, 2.45) is 5.92 Å². The van der Waals surface area contributed by atoms with Gasteiger partial charge in [0.25, 0.3) is 0 Å². The van der Waals surface area contributed by atoms with Crippen molar-refractivity contribution in [2.75, 3.05) is 59.3 Å². The number of para-hydroxylation sites is 1. The molecule has 4 heterocycles. The lowest BCUT2D eigenvalue weighted by atomic mass is 10.0. The summed E-state index contributed by atoms with van der Waals surface area (Å²) in [5.41, 5.74) is 1.27. The molecule has 0 aliphatic carbocycles. The van der Waals surface area contributed by atoms with Gasteiger partial charge in [-0.3, -0.25) is 0 Å². The Balaban J connectivity index is 1.31. The van der Waals surface area contributed by atoms with E-state index in [1.54, 1.807) is 6.26 Å². The molecule has 0 spiro atoms. The molecule has 8 nitrogen and oxygen atoms in total. The van der Waals surface area contributed by atoms with Crippen molar-refractivity contribution in [3.05, 3.63) is 60.6 Å². The van der Waals surface area contributed by atoms with E-state index in [0.29, 0.717) is 23.5 Å². The fourth-order valence-electron chi connectivity index (χ4n) is 4.76. The minimum absolute atomic E-state index is 0.477. The van der Waals surface area contributed by atoms with Crippen LogP contribution in [0.1, 0.15) is 25.5 Å². The monoisotopic (exact) mass is 491 g/mol. The summed E-state index contributed by atoms with van der Waals surface area (Å²) in [6.07, 6.45) is 4.10. The number of hydrogen-bond acceptors (Lipinski definition) is 7. The number of furan rings is 1. The number of piperidine rings is 1. The number of piperazine rings is 1. The van der Waals surface area contributed by atoms with E-state index in [2.05, 4.69) is 68.7 Å². The predicted molar refractivity (Wildman–Crippen MR) is 145 cm³/mol. The maximum Gasteiger partial charge on any atom is 0.232 e. The molecular formula is C26H33N7OS. The Morgan fingerprint density at radius 2 is 1.71 bits per heavy atom. The van der Waals surface area contributed by atoms with E-state index in [0.717, 1.165) is 56.7 Å². The lowest BCUT2D eigenvalue weighted by molar-refractivity contribution is 0.444. The van der Waals surface area contributed by atoms with Gasteiger partial charge in [0.2, 0.25) is 5.95 Å². The summed E-state index contributed by atoms with van der Waals surface area (Å²) in [6, 6.07) is 16.5. The Morgan fingerprint density at radius 3 is 2.43 bits per heavy atom. The van der Waals surface area contributed by atoms with Crippen molar-refractivity contribution >= 4 is 40.6 Å². The Hall–Kier alpha value is -3.33. The van der Waals surface area contributed by atoms with Crippen LogP contribution in [0.3, 0.4) is 0 Å². The number of benzene rings is 1. The van der Waals surface area contributed by atoms with Crippen LogP contribution in [0.4, 0.5) is 23.3 Å². The van der Waals surface area contributed by atoms with Gasteiger partial charge in [-0.1, -0.05) is 25.1 Å². The van der Waals surface area contributed by atoms with Crippen LogP contribution in [0, 0.1) is 5.92 Å². The Morgan fingerprint density at radius 1 is 0.971 bits per heavy atom. The van der Waals surface area contributed by atoms with Gasteiger partial charge in [0.1, 0.15) is 17.4 Å². The molecule has 2 aromatic heterocycles. The van der Waals surface area contributed by atoms with E-state index in [9.17, 15) is 0 Å². The number of rotatable bonds is 6. The highest BCUT2D eigenvalue weighted by Gasteiger charge is 2.23. The third kappa shape index (κ3) is 6.03. The summed E-state index contributed by atoms with van der Waals surface area (Å²) in [5.74, 6) is 3.91. The molecule has 35 heavy (non-hydrogen) atoms. The van der Waals surface area contributed by atoms with E-state index in [4.69, 9.17) is 26.6 Å². The number of nitrogens with zero attached hydrogens (tertiary/aromatic N) is 5. The Bertz CT molecular complexity index is 1100. The second-order valence-electron chi connectivity index (χ2n) is 9.30. The van der Waals surface area contributed by atoms with Gasteiger partial charge in [-0.25, -0.2) is 0 Å². The van der Waals surface area contributed by atoms with Crippen LogP contribution < -0.4 is 25.3 Å². The van der Waals surface area contributed by atoms with Crippen LogP contribution in [0.25, 0.3) is 0 Å². The first-order valence-electron chi connectivity index (χ1n) is 12.4. The van der Waals surface area contributed by atoms with E-state index >= 15 is 0 Å². The van der Waals surface area contributed by atoms with Gasteiger partial charge < -0.3 is 29.8 Å². The molecule has 184 valence electrons.